The van der Waals surface area contributed by atoms with Crippen LogP contribution in [0.3, 0.4) is 0 Å². The molecular formula is C10H14O4. The molecule has 0 amide bonds. The summed E-state index contributed by atoms with van der Waals surface area (Å²) in [5, 5.41) is 19.3. The lowest BCUT2D eigenvalue weighted by Crippen LogP contribution is -2.44. The van der Waals surface area contributed by atoms with Crippen molar-refractivity contribution in [2.24, 2.45) is 5.92 Å². The van der Waals surface area contributed by atoms with Crippen LogP contribution < -0.4 is 0 Å². The van der Waals surface area contributed by atoms with Gasteiger partial charge in [-0.15, -0.1) is 0 Å². The molecule has 1 saturated heterocycles. The molecule has 0 aromatic carbocycles. The van der Waals surface area contributed by atoms with Crippen LogP contribution in [0.25, 0.3) is 0 Å². The van der Waals surface area contributed by atoms with E-state index in [0.29, 0.717) is 12.0 Å². The Labute approximate surface area is 82.2 Å². The van der Waals surface area contributed by atoms with Crippen molar-refractivity contribution >= 4 is 5.97 Å². The predicted octanol–water partition coefficient (Wildman–Crippen LogP) is 0.905. The number of carbonyl (C=O) groups is 1. The van der Waals surface area contributed by atoms with Gasteiger partial charge in [0, 0.05) is 12.3 Å². The van der Waals surface area contributed by atoms with Crippen LogP contribution in [-0.2, 0) is 9.53 Å². The summed E-state index contributed by atoms with van der Waals surface area (Å²) in [6.45, 7) is 1.67. The summed E-state index contributed by atoms with van der Waals surface area (Å²) in [7, 11) is 0. The number of allylic oxidation sites excluding steroid dienone is 1. The Balaban J connectivity index is 2.36. The molecule has 0 bridgehead atoms. The molecule has 2 aliphatic rings. The zero-order chi connectivity index (χ0) is 10.3. The quantitative estimate of drug-likeness (QED) is 0.568. The summed E-state index contributed by atoms with van der Waals surface area (Å²) in [6, 6.07) is 0. The molecule has 0 spiro atoms. The third-order valence-corrected chi connectivity index (χ3v) is 3.02. The summed E-state index contributed by atoms with van der Waals surface area (Å²) in [5.74, 6) is -0.609. The Morgan fingerprint density at radius 2 is 2.21 bits per heavy atom. The third-order valence-electron chi connectivity index (χ3n) is 3.02. The maximum atomic E-state index is 11.4. The minimum Gasteiger partial charge on any atom is -0.512 e. The van der Waals surface area contributed by atoms with E-state index in [9.17, 15) is 15.0 Å². The number of hydrogen-bond acceptors (Lipinski definition) is 4. The van der Waals surface area contributed by atoms with E-state index in [1.54, 1.807) is 6.92 Å². The molecule has 2 rings (SSSR count). The normalized spacial score (nSPS) is 37.9. The largest absolute Gasteiger partial charge is 0.512 e. The van der Waals surface area contributed by atoms with Gasteiger partial charge in [-0.3, -0.25) is 0 Å². The molecule has 0 aromatic rings. The molecule has 78 valence electrons. The highest BCUT2D eigenvalue weighted by molar-refractivity contribution is 5.90. The molecule has 1 fully saturated rings. The number of cyclic esters (lactones) is 1. The van der Waals surface area contributed by atoms with Crippen molar-refractivity contribution in [1.29, 1.82) is 0 Å². The van der Waals surface area contributed by atoms with Gasteiger partial charge < -0.3 is 14.9 Å². The summed E-state index contributed by atoms with van der Waals surface area (Å²) < 4.78 is 4.93. The molecular weight excluding hydrogens is 184 g/mol. The van der Waals surface area contributed by atoms with Gasteiger partial charge in [-0.1, -0.05) is 0 Å². The first-order chi connectivity index (χ1) is 6.61. The second-order valence-corrected chi connectivity index (χ2v) is 3.96. The molecule has 0 saturated carbocycles. The fraction of sp³-hybridized carbons (Fsp3) is 0.700. The highest BCUT2D eigenvalue weighted by Crippen LogP contribution is 2.36. The standard InChI is InChI=1S/C10H14O4/c1-5-9(12)6-3-2-4-7(11)8(6)10(13)14-5/h5-6,9,11-12H,2-4H2,1H3/t5-,6-,9?/m1/s1. The lowest BCUT2D eigenvalue weighted by Gasteiger charge is -2.36. The van der Waals surface area contributed by atoms with Crippen LogP contribution in [0.5, 0.6) is 0 Å². The molecule has 3 atom stereocenters. The summed E-state index contributed by atoms with van der Waals surface area (Å²) >= 11 is 0. The van der Waals surface area contributed by atoms with Crippen LogP contribution in [0.4, 0.5) is 0 Å². The average molecular weight is 198 g/mol. The zero-order valence-electron chi connectivity index (χ0n) is 8.06. The maximum absolute atomic E-state index is 11.4. The van der Waals surface area contributed by atoms with Crippen LogP contribution in [0.1, 0.15) is 26.2 Å². The summed E-state index contributed by atoms with van der Waals surface area (Å²) in [4.78, 5) is 11.4. The minimum absolute atomic E-state index is 0.0946. The van der Waals surface area contributed by atoms with Gasteiger partial charge in [-0.05, 0) is 19.8 Å². The fourth-order valence-corrected chi connectivity index (χ4v) is 2.22. The highest BCUT2D eigenvalue weighted by Gasteiger charge is 2.42. The van der Waals surface area contributed by atoms with Crippen molar-refractivity contribution in [3.8, 4) is 0 Å². The molecule has 1 aliphatic carbocycles. The molecule has 1 aliphatic heterocycles. The molecule has 0 radical (unpaired) electrons. The topological polar surface area (TPSA) is 66.8 Å². The van der Waals surface area contributed by atoms with Gasteiger partial charge in [0.05, 0.1) is 11.7 Å². The van der Waals surface area contributed by atoms with Crippen molar-refractivity contribution in [2.45, 2.75) is 38.4 Å². The van der Waals surface area contributed by atoms with E-state index in [1.165, 1.54) is 0 Å². The fourth-order valence-electron chi connectivity index (χ4n) is 2.22. The Morgan fingerprint density at radius 1 is 1.50 bits per heavy atom. The van der Waals surface area contributed by atoms with Gasteiger partial charge >= 0.3 is 5.97 Å². The van der Waals surface area contributed by atoms with Crippen molar-refractivity contribution in [2.75, 3.05) is 0 Å². The first-order valence-corrected chi connectivity index (χ1v) is 4.92. The number of carbonyl (C=O) groups excluding carboxylic acids is 1. The monoisotopic (exact) mass is 198 g/mol. The Bertz CT molecular complexity index is 294. The number of hydrogen-bond donors (Lipinski definition) is 2. The Hall–Kier alpha value is -1.03. The minimum atomic E-state index is -0.676. The first-order valence-electron chi connectivity index (χ1n) is 4.92. The Kier molecular flexibility index (Phi) is 2.23. The van der Waals surface area contributed by atoms with Crippen molar-refractivity contribution in [1.82, 2.24) is 0 Å². The molecule has 4 heteroatoms. The molecule has 4 nitrogen and oxygen atoms in total. The van der Waals surface area contributed by atoms with Crippen molar-refractivity contribution in [3.05, 3.63) is 11.3 Å². The third kappa shape index (κ3) is 1.30. The van der Waals surface area contributed by atoms with E-state index in [-0.39, 0.29) is 11.7 Å². The van der Waals surface area contributed by atoms with Gasteiger partial charge in [-0.2, -0.15) is 0 Å². The lowest BCUT2D eigenvalue weighted by atomic mass is 9.79. The van der Waals surface area contributed by atoms with Crippen LogP contribution in [0, 0.1) is 5.92 Å². The number of ether oxygens (including phenoxy) is 1. The molecule has 0 aromatic heterocycles. The number of esters is 1. The van der Waals surface area contributed by atoms with Crippen LogP contribution in [0.15, 0.2) is 11.3 Å². The van der Waals surface area contributed by atoms with Crippen LogP contribution >= 0.6 is 0 Å². The average Bonchev–Trinajstić information content (AvgIpc) is 2.14. The molecule has 1 unspecified atom stereocenters. The van der Waals surface area contributed by atoms with E-state index < -0.39 is 18.2 Å². The summed E-state index contributed by atoms with van der Waals surface area (Å²) in [5.41, 5.74) is 0.293. The molecule has 2 N–H and O–H groups in total. The van der Waals surface area contributed by atoms with Gasteiger partial charge in [-0.25, -0.2) is 4.79 Å². The molecule has 1 heterocycles. The second-order valence-electron chi connectivity index (χ2n) is 3.96. The van der Waals surface area contributed by atoms with Crippen LogP contribution in [-0.4, -0.2) is 28.4 Å². The summed E-state index contributed by atoms with van der Waals surface area (Å²) in [6.07, 6.45) is 0.936. The Morgan fingerprint density at radius 3 is 2.93 bits per heavy atom. The van der Waals surface area contributed by atoms with E-state index in [4.69, 9.17) is 4.74 Å². The van der Waals surface area contributed by atoms with E-state index in [1.807, 2.05) is 0 Å². The van der Waals surface area contributed by atoms with Gasteiger partial charge in [0.2, 0.25) is 0 Å². The SMILES string of the molecule is C[C@H]1OC(=O)C2=C(O)CCC[C@H]2C1O. The smallest absolute Gasteiger partial charge is 0.338 e. The second kappa shape index (κ2) is 3.28. The lowest BCUT2D eigenvalue weighted by molar-refractivity contribution is -0.160. The predicted molar refractivity (Wildman–Crippen MR) is 48.6 cm³/mol. The van der Waals surface area contributed by atoms with E-state index >= 15 is 0 Å². The van der Waals surface area contributed by atoms with Crippen LogP contribution in [0.2, 0.25) is 0 Å². The van der Waals surface area contributed by atoms with Crippen molar-refractivity contribution < 1.29 is 19.7 Å². The number of aliphatic hydroxyl groups is 2. The van der Waals surface area contributed by atoms with Crippen molar-refractivity contribution in [3.63, 3.8) is 0 Å². The number of aliphatic hydroxyl groups excluding tert-OH is 2. The maximum Gasteiger partial charge on any atom is 0.338 e. The van der Waals surface area contributed by atoms with E-state index in [0.717, 1.165) is 12.8 Å². The number of fused-ring (bicyclic) bond motifs is 1. The highest BCUT2D eigenvalue weighted by atomic mass is 16.6. The van der Waals surface area contributed by atoms with E-state index in [2.05, 4.69) is 0 Å². The van der Waals surface area contributed by atoms with Gasteiger partial charge in [0.25, 0.3) is 0 Å². The van der Waals surface area contributed by atoms with Gasteiger partial charge in [0.1, 0.15) is 11.9 Å². The number of rotatable bonds is 0. The molecule has 14 heavy (non-hydrogen) atoms. The zero-order valence-corrected chi connectivity index (χ0v) is 8.06. The van der Waals surface area contributed by atoms with Gasteiger partial charge in [0.15, 0.2) is 0 Å². The first kappa shape index (κ1) is 9.52.